The Morgan fingerprint density at radius 3 is 2.35 bits per heavy atom. The van der Waals surface area contributed by atoms with E-state index < -0.39 is 5.66 Å². The van der Waals surface area contributed by atoms with Gasteiger partial charge in [-0.1, -0.05) is 29.8 Å². The Morgan fingerprint density at radius 1 is 1.29 bits per heavy atom. The summed E-state index contributed by atoms with van der Waals surface area (Å²) in [6.07, 6.45) is 0. The number of amides is 2. The largest absolute Gasteiger partial charge is 0.338 e. The lowest BCUT2D eigenvalue weighted by Gasteiger charge is -2.28. The van der Waals surface area contributed by atoms with E-state index in [4.69, 9.17) is 0 Å². The van der Waals surface area contributed by atoms with Crippen LogP contribution in [0.15, 0.2) is 28.7 Å². The molecule has 92 valence electrons. The van der Waals surface area contributed by atoms with Gasteiger partial charge in [-0.05, 0) is 37.1 Å². The summed E-state index contributed by atoms with van der Waals surface area (Å²) in [5.74, 6) is 0.298. The highest BCUT2D eigenvalue weighted by Crippen LogP contribution is 2.24. The van der Waals surface area contributed by atoms with E-state index in [0.717, 1.165) is 10.2 Å². The van der Waals surface area contributed by atoms with E-state index in [0.29, 0.717) is 5.92 Å². The molecular weight excluding hydrogens is 282 g/mol. The summed E-state index contributed by atoms with van der Waals surface area (Å²) in [4.78, 5) is 11.9. The van der Waals surface area contributed by atoms with Crippen molar-refractivity contribution in [1.82, 2.24) is 10.7 Å². The molecule has 4 nitrogen and oxygen atoms in total. The molecule has 1 aromatic rings. The molecule has 0 bridgehead atoms. The number of urea groups is 1. The second-order valence-corrected chi connectivity index (χ2v) is 5.63. The second kappa shape index (κ2) is 4.31. The van der Waals surface area contributed by atoms with E-state index in [1.54, 1.807) is 5.01 Å². The van der Waals surface area contributed by atoms with Gasteiger partial charge in [0.1, 0.15) is 5.66 Å². The van der Waals surface area contributed by atoms with Gasteiger partial charge in [-0.15, -0.1) is 0 Å². The molecule has 0 aliphatic carbocycles. The summed E-state index contributed by atoms with van der Waals surface area (Å²) in [5.41, 5.74) is 3.64. The molecule has 1 heterocycles. The fraction of sp³-hybridized carbons (Fsp3) is 0.417. The molecule has 5 heteroatoms. The molecule has 2 amide bonds. The molecule has 0 spiro atoms. The van der Waals surface area contributed by atoms with Crippen molar-refractivity contribution in [1.29, 1.82) is 0 Å². The quantitative estimate of drug-likeness (QED) is 0.882. The van der Waals surface area contributed by atoms with Crippen molar-refractivity contribution in [2.75, 3.05) is 5.01 Å². The maximum absolute atomic E-state index is 11.9. The van der Waals surface area contributed by atoms with Gasteiger partial charge >= 0.3 is 6.03 Å². The number of carbonyl (C=O) groups is 1. The molecule has 0 aromatic heterocycles. The Hall–Kier alpha value is -1.07. The number of benzene rings is 1. The lowest BCUT2D eigenvalue weighted by atomic mass is 10.00. The highest BCUT2D eigenvalue weighted by atomic mass is 79.9. The lowest BCUT2D eigenvalue weighted by molar-refractivity contribution is 0.236. The zero-order valence-corrected chi connectivity index (χ0v) is 11.7. The standard InChI is InChI=1S/C12H16BrN3O/c1-8(2)12(3)14-11(17)16(15-12)10-6-4-9(13)5-7-10/h4-8,15H,1-3H3,(H,14,17). The van der Waals surface area contributed by atoms with Gasteiger partial charge in [0.25, 0.3) is 0 Å². The molecule has 0 radical (unpaired) electrons. The van der Waals surface area contributed by atoms with Crippen molar-refractivity contribution in [3.63, 3.8) is 0 Å². The molecule has 17 heavy (non-hydrogen) atoms. The van der Waals surface area contributed by atoms with Gasteiger partial charge in [-0.2, -0.15) is 0 Å². The van der Waals surface area contributed by atoms with Crippen molar-refractivity contribution in [2.45, 2.75) is 26.4 Å². The molecule has 1 aliphatic heterocycles. The molecule has 0 saturated carbocycles. The third-order valence-corrected chi connectivity index (χ3v) is 3.68. The SMILES string of the molecule is CC(C)C1(C)NC(=O)N(c2ccc(Br)cc2)N1. The van der Waals surface area contributed by atoms with Gasteiger partial charge in [0.15, 0.2) is 0 Å². The molecule has 2 N–H and O–H groups in total. The number of nitrogens with one attached hydrogen (secondary N) is 2. The summed E-state index contributed by atoms with van der Waals surface area (Å²) in [6.45, 7) is 6.12. The van der Waals surface area contributed by atoms with E-state index in [1.807, 2.05) is 31.2 Å². The number of carbonyl (C=O) groups excluding carboxylic acids is 1. The minimum absolute atomic E-state index is 0.122. The Balaban J connectivity index is 2.24. The van der Waals surface area contributed by atoms with Crippen LogP contribution >= 0.6 is 15.9 Å². The van der Waals surface area contributed by atoms with Crippen LogP contribution in [0.2, 0.25) is 0 Å². The third kappa shape index (κ3) is 2.30. The first-order valence-corrected chi connectivity index (χ1v) is 6.37. The molecule has 1 atom stereocenters. The first kappa shape index (κ1) is 12.4. The van der Waals surface area contributed by atoms with E-state index >= 15 is 0 Å². The highest BCUT2D eigenvalue weighted by molar-refractivity contribution is 9.10. The van der Waals surface area contributed by atoms with Gasteiger partial charge in [0.05, 0.1) is 5.69 Å². The minimum atomic E-state index is -0.399. The number of halogens is 1. The maximum atomic E-state index is 11.9. The van der Waals surface area contributed by atoms with E-state index in [9.17, 15) is 4.79 Å². The van der Waals surface area contributed by atoms with Gasteiger partial charge < -0.3 is 5.32 Å². The highest BCUT2D eigenvalue weighted by Gasteiger charge is 2.41. The Morgan fingerprint density at radius 2 is 1.88 bits per heavy atom. The number of hydrogen-bond donors (Lipinski definition) is 2. The van der Waals surface area contributed by atoms with Crippen LogP contribution in [0.3, 0.4) is 0 Å². The fourth-order valence-electron chi connectivity index (χ4n) is 1.63. The zero-order chi connectivity index (χ0) is 12.6. The minimum Gasteiger partial charge on any atom is -0.317 e. The van der Waals surface area contributed by atoms with E-state index in [-0.39, 0.29) is 6.03 Å². The number of hydrogen-bond acceptors (Lipinski definition) is 2. The molecule has 2 rings (SSSR count). The smallest absolute Gasteiger partial charge is 0.317 e. The number of anilines is 1. The number of nitrogens with zero attached hydrogens (tertiary/aromatic N) is 1. The van der Waals surface area contributed by atoms with Crippen LogP contribution in [-0.4, -0.2) is 11.7 Å². The van der Waals surface area contributed by atoms with Crippen LogP contribution in [0, 0.1) is 5.92 Å². The third-order valence-electron chi connectivity index (χ3n) is 3.15. The zero-order valence-electron chi connectivity index (χ0n) is 10.1. The fourth-order valence-corrected chi connectivity index (χ4v) is 1.90. The van der Waals surface area contributed by atoms with Crippen molar-refractivity contribution >= 4 is 27.6 Å². The van der Waals surface area contributed by atoms with Crippen LogP contribution in [0.25, 0.3) is 0 Å². The molecule has 1 unspecified atom stereocenters. The van der Waals surface area contributed by atoms with Crippen LogP contribution in [-0.2, 0) is 0 Å². The first-order valence-electron chi connectivity index (χ1n) is 5.58. The van der Waals surface area contributed by atoms with Crippen molar-refractivity contribution in [3.05, 3.63) is 28.7 Å². The topological polar surface area (TPSA) is 44.4 Å². The summed E-state index contributed by atoms with van der Waals surface area (Å²) in [5, 5.41) is 4.51. The van der Waals surface area contributed by atoms with Crippen molar-refractivity contribution in [3.8, 4) is 0 Å². The average Bonchev–Trinajstić information content (AvgIpc) is 2.57. The summed E-state index contributed by atoms with van der Waals surface area (Å²) in [7, 11) is 0. The average molecular weight is 298 g/mol. The first-order chi connectivity index (χ1) is 7.92. The molecule has 1 saturated heterocycles. The van der Waals surface area contributed by atoms with Crippen LogP contribution in [0.5, 0.6) is 0 Å². The summed E-state index contributed by atoms with van der Waals surface area (Å²) in [6, 6.07) is 7.49. The summed E-state index contributed by atoms with van der Waals surface area (Å²) < 4.78 is 0.993. The Labute approximate surface area is 109 Å². The molecule has 1 fully saturated rings. The Kier molecular flexibility index (Phi) is 3.14. The lowest BCUT2D eigenvalue weighted by Crippen LogP contribution is -2.52. The predicted octanol–water partition coefficient (Wildman–Crippen LogP) is 2.86. The van der Waals surface area contributed by atoms with Crippen LogP contribution in [0.4, 0.5) is 10.5 Å². The van der Waals surface area contributed by atoms with Gasteiger partial charge in [0, 0.05) is 4.47 Å². The van der Waals surface area contributed by atoms with Crippen LogP contribution in [0.1, 0.15) is 20.8 Å². The van der Waals surface area contributed by atoms with Crippen LogP contribution < -0.4 is 15.8 Å². The Bertz CT molecular complexity index is 432. The summed E-state index contributed by atoms with van der Waals surface area (Å²) >= 11 is 3.38. The monoisotopic (exact) mass is 297 g/mol. The molecular formula is C12H16BrN3O. The molecule has 1 aromatic carbocycles. The normalized spacial score (nSPS) is 24.3. The van der Waals surface area contributed by atoms with E-state index in [2.05, 4.69) is 40.5 Å². The van der Waals surface area contributed by atoms with Gasteiger partial charge in [0.2, 0.25) is 0 Å². The van der Waals surface area contributed by atoms with Gasteiger partial charge in [-0.3, -0.25) is 0 Å². The predicted molar refractivity (Wildman–Crippen MR) is 71.5 cm³/mol. The molecule has 1 aliphatic rings. The maximum Gasteiger partial charge on any atom is 0.338 e. The van der Waals surface area contributed by atoms with Crippen molar-refractivity contribution < 1.29 is 4.79 Å². The number of hydrazine groups is 1. The second-order valence-electron chi connectivity index (χ2n) is 4.71. The van der Waals surface area contributed by atoms with Crippen molar-refractivity contribution in [2.24, 2.45) is 5.92 Å². The van der Waals surface area contributed by atoms with E-state index in [1.165, 1.54) is 0 Å². The number of rotatable bonds is 2. The van der Waals surface area contributed by atoms with Gasteiger partial charge in [-0.25, -0.2) is 15.2 Å².